The molecule has 1 aliphatic carbocycles. The van der Waals surface area contributed by atoms with Crippen LogP contribution in [0, 0.1) is 23.2 Å². The van der Waals surface area contributed by atoms with Crippen LogP contribution in [0.4, 0.5) is 0 Å². The lowest BCUT2D eigenvalue weighted by molar-refractivity contribution is -0.135. The predicted molar refractivity (Wildman–Crippen MR) is 92.3 cm³/mol. The molecule has 5 nitrogen and oxygen atoms in total. The first-order valence-corrected chi connectivity index (χ1v) is 10.3. The summed E-state index contributed by atoms with van der Waals surface area (Å²) in [5, 5.41) is 0. The van der Waals surface area contributed by atoms with Crippen molar-refractivity contribution < 1.29 is 13.2 Å². The van der Waals surface area contributed by atoms with Gasteiger partial charge in [-0.05, 0) is 43.9 Å². The van der Waals surface area contributed by atoms with Crippen LogP contribution >= 0.6 is 0 Å². The summed E-state index contributed by atoms with van der Waals surface area (Å²) in [6.45, 7) is 10.3. The Kier molecular flexibility index (Phi) is 5.26. The van der Waals surface area contributed by atoms with E-state index < -0.39 is 10.0 Å². The van der Waals surface area contributed by atoms with Gasteiger partial charge >= 0.3 is 0 Å². The summed E-state index contributed by atoms with van der Waals surface area (Å²) in [5.41, 5.74) is 1.29. The third-order valence-electron chi connectivity index (χ3n) is 5.15. The van der Waals surface area contributed by atoms with E-state index in [9.17, 15) is 13.2 Å². The molecule has 132 valence electrons. The summed E-state index contributed by atoms with van der Waals surface area (Å²) in [7, 11) is -3.17. The molecule has 6 heteroatoms. The highest BCUT2D eigenvalue weighted by Crippen LogP contribution is 2.60. The fourth-order valence-corrected chi connectivity index (χ4v) is 4.26. The lowest BCUT2D eigenvalue weighted by Gasteiger charge is -2.33. The van der Waals surface area contributed by atoms with Crippen LogP contribution in [0.1, 0.15) is 40.5 Å². The summed E-state index contributed by atoms with van der Waals surface area (Å²) in [6.07, 6.45) is 5.31. The number of nitrogens with zero attached hydrogens (tertiary/aromatic N) is 1. The number of carbonyl (C=O) groups is 1. The van der Waals surface area contributed by atoms with Crippen LogP contribution in [-0.2, 0) is 14.8 Å². The third-order valence-corrected chi connectivity index (χ3v) is 5.85. The zero-order valence-corrected chi connectivity index (χ0v) is 15.7. The molecule has 3 unspecified atom stereocenters. The van der Waals surface area contributed by atoms with E-state index in [2.05, 4.69) is 38.5 Å². The maximum absolute atomic E-state index is 12.9. The first-order chi connectivity index (χ1) is 10.5. The molecule has 0 spiro atoms. The first kappa shape index (κ1) is 18.5. The Morgan fingerprint density at radius 3 is 2.57 bits per heavy atom. The monoisotopic (exact) mass is 342 g/mol. The molecule has 1 heterocycles. The lowest BCUT2D eigenvalue weighted by Crippen LogP contribution is -2.44. The van der Waals surface area contributed by atoms with Gasteiger partial charge in [0.25, 0.3) is 0 Å². The van der Waals surface area contributed by atoms with Crippen molar-refractivity contribution in [2.75, 3.05) is 25.9 Å². The summed E-state index contributed by atoms with van der Waals surface area (Å²) < 4.78 is 25.1. The number of sulfonamides is 1. The van der Waals surface area contributed by atoms with Crippen molar-refractivity contribution >= 4 is 15.9 Å². The minimum Gasteiger partial charge on any atom is -0.342 e. The molecular weight excluding hydrogens is 312 g/mol. The molecule has 1 aliphatic heterocycles. The minimum absolute atomic E-state index is 0.0340. The molecule has 1 N–H and O–H groups in total. The van der Waals surface area contributed by atoms with Gasteiger partial charge in [-0.3, -0.25) is 4.79 Å². The summed E-state index contributed by atoms with van der Waals surface area (Å²) in [6, 6.07) is 0. The summed E-state index contributed by atoms with van der Waals surface area (Å²) in [5.74, 6) is 0.848. The number of allylic oxidation sites excluding steroid dienone is 2. The van der Waals surface area contributed by atoms with Crippen molar-refractivity contribution in [1.29, 1.82) is 0 Å². The molecule has 0 aromatic rings. The Bertz CT molecular complexity index is 591. The maximum Gasteiger partial charge on any atom is 0.226 e. The summed E-state index contributed by atoms with van der Waals surface area (Å²) >= 11 is 0. The van der Waals surface area contributed by atoms with E-state index in [0.29, 0.717) is 19.0 Å². The predicted octanol–water partition coefficient (Wildman–Crippen LogP) is 2.01. The number of rotatable bonds is 5. The maximum atomic E-state index is 12.9. The van der Waals surface area contributed by atoms with Crippen molar-refractivity contribution in [3.63, 3.8) is 0 Å². The highest BCUT2D eigenvalue weighted by atomic mass is 32.2. The average Bonchev–Trinajstić information content (AvgIpc) is 2.95. The van der Waals surface area contributed by atoms with Crippen molar-refractivity contribution in [1.82, 2.24) is 9.62 Å². The van der Waals surface area contributed by atoms with Crippen LogP contribution < -0.4 is 4.72 Å². The van der Waals surface area contributed by atoms with Crippen LogP contribution in [0.3, 0.4) is 0 Å². The van der Waals surface area contributed by atoms with Gasteiger partial charge in [0.15, 0.2) is 0 Å². The van der Waals surface area contributed by atoms with E-state index in [0.717, 1.165) is 19.4 Å². The van der Waals surface area contributed by atoms with Gasteiger partial charge in [-0.25, -0.2) is 13.1 Å². The number of hydrogen-bond donors (Lipinski definition) is 1. The third kappa shape index (κ3) is 4.57. The van der Waals surface area contributed by atoms with Crippen LogP contribution in [-0.4, -0.2) is 45.1 Å². The molecule has 2 fully saturated rings. The second-order valence-electron chi connectivity index (χ2n) is 7.98. The Hall–Kier alpha value is -0.880. The minimum atomic E-state index is -3.17. The Morgan fingerprint density at radius 2 is 2.00 bits per heavy atom. The second-order valence-corrected chi connectivity index (χ2v) is 9.81. The average molecular weight is 343 g/mol. The Balaban J connectivity index is 1.96. The van der Waals surface area contributed by atoms with Gasteiger partial charge < -0.3 is 4.90 Å². The number of likely N-dealkylation sites (tertiary alicyclic amines) is 1. The lowest BCUT2D eigenvalue weighted by atomic mass is 9.97. The zero-order valence-electron chi connectivity index (χ0n) is 14.9. The number of piperidine rings is 1. The van der Waals surface area contributed by atoms with E-state index in [-0.39, 0.29) is 23.2 Å². The van der Waals surface area contributed by atoms with Crippen LogP contribution in [0.2, 0.25) is 0 Å². The highest BCUT2D eigenvalue weighted by molar-refractivity contribution is 7.88. The van der Waals surface area contributed by atoms with Gasteiger partial charge in [0, 0.05) is 19.6 Å². The second kappa shape index (κ2) is 6.55. The van der Waals surface area contributed by atoms with E-state index in [4.69, 9.17) is 0 Å². The van der Waals surface area contributed by atoms with Gasteiger partial charge in [-0.1, -0.05) is 25.5 Å². The number of amides is 1. The van der Waals surface area contributed by atoms with Gasteiger partial charge in [-0.15, -0.1) is 0 Å². The normalized spacial score (nSPS) is 30.0. The van der Waals surface area contributed by atoms with E-state index in [1.165, 1.54) is 11.8 Å². The molecule has 0 bridgehead atoms. The van der Waals surface area contributed by atoms with Gasteiger partial charge in [0.1, 0.15) is 0 Å². The van der Waals surface area contributed by atoms with E-state index in [1.807, 2.05) is 4.90 Å². The molecule has 2 rings (SSSR count). The Morgan fingerprint density at radius 1 is 1.35 bits per heavy atom. The SMILES string of the molecule is CC(C)=CC1C(C(=O)N2CCCC(CNS(C)(=O)=O)C2)C1(C)C. The molecule has 2 aliphatic rings. The molecule has 0 aromatic heterocycles. The Labute approximate surface area is 140 Å². The molecule has 1 amide bonds. The molecule has 1 saturated heterocycles. The van der Waals surface area contributed by atoms with Crippen molar-refractivity contribution in [2.45, 2.75) is 40.5 Å². The number of nitrogens with one attached hydrogen (secondary N) is 1. The number of hydrogen-bond acceptors (Lipinski definition) is 3. The van der Waals surface area contributed by atoms with Gasteiger partial charge in [0.2, 0.25) is 15.9 Å². The van der Waals surface area contributed by atoms with Crippen molar-refractivity contribution in [3.8, 4) is 0 Å². The van der Waals surface area contributed by atoms with Crippen molar-refractivity contribution in [3.05, 3.63) is 11.6 Å². The largest absolute Gasteiger partial charge is 0.342 e. The van der Waals surface area contributed by atoms with Crippen molar-refractivity contribution in [2.24, 2.45) is 23.2 Å². The zero-order chi connectivity index (χ0) is 17.4. The molecule has 0 radical (unpaired) electrons. The highest BCUT2D eigenvalue weighted by Gasteiger charge is 2.61. The fourth-order valence-electron chi connectivity index (χ4n) is 3.72. The van der Waals surface area contributed by atoms with E-state index >= 15 is 0 Å². The quantitative estimate of drug-likeness (QED) is 0.777. The van der Waals surface area contributed by atoms with E-state index in [1.54, 1.807) is 0 Å². The molecule has 23 heavy (non-hydrogen) atoms. The molecule has 3 atom stereocenters. The standard InChI is InChI=1S/C17H30N2O3S/c1-12(2)9-14-15(17(14,3)4)16(20)19-8-6-7-13(11-19)10-18-23(5,21)22/h9,13-15,18H,6-8,10-11H2,1-5H3. The number of carbonyl (C=O) groups excluding carboxylic acids is 1. The van der Waals surface area contributed by atoms with Gasteiger partial charge in [0.05, 0.1) is 12.2 Å². The van der Waals surface area contributed by atoms with Crippen LogP contribution in [0.15, 0.2) is 11.6 Å². The summed E-state index contributed by atoms with van der Waals surface area (Å²) in [4.78, 5) is 14.8. The van der Waals surface area contributed by atoms with Crippen LogP contribution in [0.5, 0.6) is 0 Å². The smallest absolute Gasteiger partial charge is 0.226 e. The van der Waals surface area contributed by atoms with Crippen LogP contribution in [0.25, 0.3) is 0 Å². The topological polar surface area (TPSA) is 66.5 Å². The molecule has 0 aromatic carbocycles. The van der Waals surface area contributed by atoms with Gasteiger partial charge in [-0.2, -0.15) is 0 Å². The molecule has 1 saturated carbocycles. The fraction of sp³-hybridized carbons (Fsp3) is 0.824. The molecular formula is C17H30N2O3S. The first-order valence-electron chi connectivity index (χ1n) is 8.41.